The third-order valence-corrected chi connectivity index (χ3v) is 6.83. The number of nitrogens with one attached hydrogen (secondary N) is 3. The van der Waals surface area contributed by atoms with Gasteiger partial charge in [0.25, 0.3) is 0 Å². The molecule has 0 spiro atoms. The summed E-state index contributed by atoms with van der Waals surface area (Å²) in [6, 6.07) is 3.14. The van der Waals surface area contributed by atoms with Gasteiger partial charge in [-0.15, -0.1) is 0 Å². The second-order valence-corrected chi connectivity index (χ2v) is 9.61. The van der Waals surface area contributed by atoms with Gasteiger partial charge in [-0.1, -0.05) is 6.07 Å². The smallest absolute Gasteiger partial charge is 0.341 e. The molecular formula is C20H20F5N5O2S. The lowest BCUT2D eigenvalue weighted by Gasteiger charge is -2.24. The van der Waals surface area contributed by atoms with Crippen LogP contribution in [-0.2, 0) is 15.8 Å². The fourth-order valence-electron chi connectivity index (χ4n) is 3.74. The number of H-pyrrole nitrogens is 1. The fraction of sp³-hybridized carbons (Fsp3) is 0.400. The van der Waals surface area contributed by atoms with Gasteiger partial charge in [0.2, 0.25) is 15.8 Å². The van der Waals surface area contributed by atoms with E-state index < -0.39 is 38.7 Å². The number of piperidine rings is 1. The number of rotatable bonds is 7. The molecule has 1 aromatic carbocycles. The maximum absolute atomic E-state index is 14.4. The monoisotopic (exact) mass is 489 g/mol. The van der Waals surface area contributed by atoms with E-state index in [-0.39, 0.29) is 34.2 Å². The van der Waals surface area contributed by atoms with Crippen LogP contribution in [0.1, 0.15) is 18.4 Å². The normalized spacial score (nSPS) is 17.6. The highest BCUT2D eigenvalue weighted by molar-refractivity contribution is 7.91. The number of hydrogen-bond acceptors (Lipinski definition) is 6. The van der Waals surface area contributed by atoms with Gasteiger partial charge in [-0.05, 0) is 31.5 Å². The van der Waals surface area contributed by atoms with Crippen LogP contribution >= 0.6 is 0 Å². The van der Waals surface area contributed by atoms with Crippen LogP contribution in [0.25, 0.3) is 22.2 Å². The zero-order valence-electron chi connectivity index (χ0n) is 17.1. The molecule has 7 nitrogen and oxygen atoms in total. The first kappa shape index (κ1) is 23.4. The molecule has 0 radical (unpaired) electrons. The van der Waals surface area contributed by atoms with Gasteiger partial charge in [0.15, 0.2) is 6.67 Å². The lowest BCUT2D eigenvalue weighted by atomic mass is 10.0. The largest absolute Gasteiger partial charge is 0.360 e. The Morgan fingerprint density at radius 1 is 1.27 bits per heavy atom. The van der Waals surface area contributed by atoms with E-state index in [2.05, 4.69) is 25.6 Å². The second-order valence-electron chi connectivity index (χ2n) is 7.70. The summed E-state index contributed by atoms with van der Waals surface area (Å²) in [5, 5.41) is 6.52. The Kier molecular flexibility index (Phi) is 6.27. The molecule has 1 atom stereocenters. The maximum atomic E-state index is 14.4. The fourth-order valence-corrected chi connectivity index (χ4v) is 4.48. The summed E-state index contributed by atoms with van der Waals surface area (Å²) in [4.78, 5) is 10.2. The van der Waals surface area contributed by atoms with Crippen molar-refractivity contribution in [3.63, 3.8) is 0 Å². The number of halogens is 5. The van der Waals surface area contributed by atoms with E-state index in [0.29, 0.717) is 6.54 Å². The van der Waals surface area contributed by atoms with Crippen LogP contribution in [0.3, 0.4) is 0 Å². The number of alkyl halides is 5. The molecule has 3 heterocycles. The number of sulfone groups is 1. The summed E-state index contributed by atoms with van der Waals surface area (Å²) in [6.45, 7) is -0.470. The highest BCUT2D eigenvalue weighted by Crippen LogP contribution is 2.38. The van der Waals surface area contributed by atoms with Crippen LogP contribution in [-0.4, -0.2) is 54.9 Å². The minimum atomic E-state index is -4.85. The summed E-state index contributed by atoms with van der Waals surface area (Å²) >= 11 is 0. The van der Waals surface area contributed by atoms with E-state index in [0.717, 1.165) is 37.7 Å². The summed E-state index contributed by atoms with van der Waals surface area (Å²) in [6.07, 6.45) is 3.88. The van der Waals surface area contributed by atoms with Crippen molar-refractivity contribution in [2.45, 2.75) is 35.5 Å². The number of fused-ring (bicyclic) bond motifs is 1. The van der Waals surface area contributed by atoms with Crippen molar-refractivity contribution in [3.8, 4) is 11.3 Å². The molecule has 3 N–H and O–H groups in total. The molecule has 1 aliphatic heterocycles. The molecule has 13 heteroatoms. The molecule has 0 bridgehead atoms. The molecule has 33 heavy (non-hydrogen) atoms. The Morgan fingerprint density at radius 2 is 2.06 bits per heavy atom. The standard InChI is InChI=1S/C20H20F5N5O2S/c21-10-20(24,25)15-9-28-19(29-11-2-1-5-26-7-11)30-17(15)14-8-27-16-6-12(3-4-13(14)16)33(31,32)18(22)23/h3-4,6,8-9,11,18,26-27H,1-2,5,7,10H2,(H,28,29,30)/t11-/m0/s1. The molecule has 4 rings (SSSR count). The Hall–Kier alpha value is -2.80. The van der Waals surface area contributed by atoms with Crippen molar-refractivity contribution in [1.82, 2.24) is 20.3 Å². The molecule has 1 aliphatic rings. The second kappa shape index (κ2) is 8.86. The van der Waals surface area contributed by atoms with Crippen molar-refractivity contribution in [2.75, 3.05) is 25.1 Å². The van der Waals surface area contributed by atoms with Crippen molar-refractivity contribution < 1.29 is 30.4 Å². The van der Waals surface area contributed by atoms with Crippen molar-refractivity contribution in [1.29, 1.82) is 0 Å². The molecule has 1 saturated heterocycles. The first-order chi connectivity index (χ1) is 15.6. The van der Waals surface area contributed by atoms with E-state index in [4.69, 9.17) is 0 Å². The molecule has 3 aromatic rings. The van der Waals surface area contributed by atoms with Crippen molar-refractivity contribution in [2.24, 2.45) is 0 Å². The first-order valence-electron chi connectivity index (χ1n) is 10.1. The Balaban J connectivity index is 1.81. The zero-order chi connectivity index (χ0) is 23.8. The highest BCUT2D eigenvalue weighted by atomic mass is 32.2. The first-order valence-corrected chi connectivity index (χ1v) is 11.6. The van der Waals surface area contributed by atoms with Gasteiger partial charge in [-0.25, -0.2) is 22.8 Å². The predicted octanol–water partition coefficient (Wildman–Crippen LogP) is 3.85. The lowest BCUT2D eigenvalue weighted by Crippen LogP contribution is -2.38. The summed E-state index contributed by atoms with van der Waals surface area (Å²) < 4.78 is 91.2. The molecule has 0 saturated carbocycles. The SMILES string of the molecule is O=S(=O)(c1ccc2c(-c3nc(N[C@H]4CCCNC4)ncc3C(F)(F)CF)c[nH]c2c1)C(F)F. The van der Waals surface area contributed by atoms with E-state index in [1.54, 1.807) is 0 Å². The van der Waals surface area contributed by atoms with Gasteiger partial charge in [0.1, 0.15) is 0 Å². The lowest BCUT2D eigenvalue weighted by molar-refractivity contribution is -0.0280. The van der Waals surface area contributed by atoms with Crippen LogP contribution < -0.4 is 10.6 Å². The minimum absolute atomic E-state index is 0.0239. The molecule has 0 amide bonds. The predicted molar refractivity (Wildman–Crippen MR) is 112 cm³/mol. The molecule has 2 aromatic heterocycles. The van der Waals surface area contributed by atoms with Crippen LogP contribution in [0.4, 0.5) is 27.9 Å². The molecule has 0 unspecified atom stereocenters. The summed E-state index contributed by atoms with van der Waals surface area (Å²) in [5.74, 6) is -7.41. The van der Waals surface area contributed by atoms with E-state index in [1.165, 1.54) is 12.3 Å². The molecule has 178 valence electrons. The van der Waals surface area contributed by atoms with Crippen LogP contribution in [0.5, 0.6) is 0 Å². The third-order valence-electron chi connectivity index (χ3n) is 5.45. The van der Waals surface area contributed by atoms with Gasteiger partial charge in [-0.2, -0.15) is 17.6 Å². The van der Waals surface area contributed by atoms with Gasteiger partial charge >= 0.3 is 11.7 Å². The van der Waals surface area contributed by atoms with Crippen LogP contribution in [0.2, 0.25) is 0 Å². The minimum Gasteiger partial charge on any atom is -0.360 e. The van der Waals surface area contributed by atoms with Crippen molar-refractivity contribution >= 4 is 26.7 Å². The van der Waals surface area contributed by atoms with Crippen LogP contribution in [0, 0.1) is 0 Å². The number of benzene rings is 1. The van der Waals surface area contributed by atoms with Gasteiger partial charge < -0.3 is 15.6 Å². The van der Waals surface area contributed by atoms with Gasteiger partial charge in [0.05, 0.1) is 16.2 Å². The Morgan fingerprint density at radius 3 is 2.73 bits per heavy atom. The quantitative estimate of drug-likeness (QED) is 0.436. The van der Waals surface area contributed by atoms with E-state index in [9.17, 15) is 30.4 Å². The number of aromatic nitrogens is 3. The molecule has 1 fully saturated rings. The number of hydrogen-bond donors (Lipinski definition) is 3. The Labute approximate surface area is 185 Å². The summed E-state index contributed by atoms with van der Waals surface area (Å²) in [7, 11) is -4.85. The average molecular weight is 489 g/mol. The number of anilines is 1. The average Bonchev–Trinajstić information content (AvgIpc) is 3.22. The van der Waals surface area contributed by atoms with E-state index in [1.807, 2.05) is 0 Å². The Bertz CT molecular complexity index is 1260. The van der Waals surface area contributed by atoms with Gasteiger partial charge in [0, 0.05) is 41.4 Å². The summed E-state index contributed by atoms with van der Waals surface area (Å²) in [5.41, 5.74) is -0.760. The highest BCUT2D eigenvalue weighted by Gasteiger charge is 2.37. The molecule has 0 aliphatic carbocycles. The number of nitrogens with zero attached hydrogens (tertiary/aromatic N) is 2. The maximum Gasteiger partial charge on any atom is 0.341 e. The molecular weight excluding hydrogens is 469 g/mol. The topological polar surface area (TPSA) is 99.8 Å². The van der Waals surface area contributed by atoms with E-state index >= 15 is 0 Å². The van der Waals surface area contributed by atoms with Gasteiger partial charge in [-0.3, -0.25) is 0 Å². The third kappa shape index (κ3) is 4.51. The number of aromatic amines is 1. The van der Waals surface area contributed by atoms with Crippen molar-refractivity contribution in [3.05, 3.63) is 36.2 Å². The zero-order valence-corrected chi connectivity index (χ0v) is 17.9. The van der Waals surface area contributed by atoms with Crippen LogP contribution in [0.15, 0.2) is 35.5 Å².